The van der Waals surface area contributed by atoms with Gasteiger partial charge in [0.15, 0.2) is 11.5 Å². The van der Waals surface area contributed by atoms with Crippen molar-refractivity contribution in [2.75, 3.05) is 7.11 Å². The molecule has 0 spiro atoms. The summed E-state index contributed by atoms with van der Waals surface area (Å²) in [5.41, 5.74) is 1.95. The Balaban J connectivity index is 1.55. The van der Waals surface area contributed by atoms with E-state index in [1.807, 2.05) is 0 Å². The van der Waals surface area contributed by atoms with Gasteiger partial charge in [0.25, 0.3) is 0 Å². The molecular formula is C18H19N7O3S. The van der Waals surface area contributed by atoms with Gasteiger partial charge in [0.05, 0.1) is 17.4 Å². The molecule has 1 unspecified atom stereocenters. The van der Waals surface area contributed by atoms with E-state index in [0.717, 1.165) is 34.6 Å². The van der Waals surface area contributed by atoms with Crippen molar-refractivity contribution in [1.82, 2.24) is 29.4 Å². The Bertz CT molecular complexity index is 1240. The van der Waals surface area contributed by atoms with E-state index in [0.29, 0.717) is 5.82 Å². The molecule has 0 saturated heterocycles. The molecule has 4 aromatic rings. The van der Waals surface area contributed by atoms with E-state index in [9.17, 15) is 10.1 Å². The van der Waals surface area contributed by atoms with E-state index in [1.165, 1.54) is 41.3 Å². The minimum Gasteiger partial charge on any atom is -0.475 e. The Kier molecular flexibility index (Phi) is 4.19. The van der Waals surface area contributed by atoms with Crippen LogP contribution in [-0.4, -0.2) is 41.4 Å². The summed E-state index contributed by atoms with van der Waals surface area (Å²) in [6.07, 6.45) is 7.55. The lowest BCUT2D eigenvalue weighted by Gasteiger charge is -2.20. The fourth-order valence-corrected chi connectivity index (χ4v) is 5.29. The number of nitro groups is 1. The molecule has 0 saturated carbocycles. The maximum atomic E-state index is 11.1. The Labute approximate surface area is 169 Å². The molecule has 0 radical (unpaired) electrons. The zero-order valence-electron chi connectivity index (χ0n) is 16.0. The molecule has 1 aliphatic rings. The highest BCUT2D eigenvalue weighted by Crippen LogP contribution is 2.39. The van der Waals surface area contributed by atoms with Crippen molar-refractivity contribution < 1.29 is 9.66 Å². The van der Waals surface area contributed by atoms with Crippen LogP contribution in [0.4, 0.5) is 5.69 Å². The van der Waals surface area contributed by atoms with Crippen LogP contribution in [0, 0.1) is 16.0 Å². The Hall–Kier alpha value is -3.08. The Morgan fingerprint density at radius 2 is 2.28 bits per heavy atom. The largest absolute Gasteiger partial charge is 0.475 e. The number of ether oxygens (including phenoxy) is 1. The zero-order chi connectivity index (χ0) is 20.1. The number of nitrogens with zero attached hydrogens (tertiary/aromatic N) is 7. The summed E-state index contributed by atoms with van der Waals surface area (Å²) < 4.78 is 8.09. The summed E-state index contributed by atoms with van der Waals surface area (Å²) in [5.74, 6) is 1.23. The highest BCUT2D eigenvalue weighted by atomic mass is 32.1. The van der Waals surface area contributed by atoms with Crippen LogP contribution in [0.25, 0.3) is 15.9 Å². The fraction of sp³-hybridized carbons (Fsp3) is 0.444. The second kappa shape index (κ2) is 6.76. The van der Waals surface area contributed by atoms with Crippen LogP contribution >= 0.6 is 11.3 Å². The lowest BCUT2D eigenvalue weighted by molar-refractivity contribution is -0.385. The summed E-state index contributed by atoms with van der Waals surface area (Å²) in [5, 5.41) is 20.8. The number of thiophene rings is 1. The van der Waals surface area contributed by atoms with E-state index in [2.05, 4.69) is 22.1 Å². The quantitative estimate of drug-likeness (QED) is 0.365. The number of rotatable bonds is 5. The van der Waals surface area contributed by atoms with Gasteiger partial charge in [-0.3, -0.25) is 14.8 Å². The maximum Gasteiger partial charge on any atom is 0.350 e. The van der Waals surface area contributed by atoms with Crippen LogP contribution in [0.1, 0.15) is 36.0 Å². The lowest BCUT2D eigenvalue weighted by atomic mass is 9.86. The van der Waals surface area contributed by atoms with E-state index >= 15 is 0 Å². The molecule has 0 amide bonds. The van der Waals surface area contributed by atoms with E-state index < -0.39 is 4.92 Å². The SMILES string of the molecule is CCC1CCc2c(sc3ncn4nc(Cn5cc([N+](=O)[O-])c(OC)n5)nc4c23)C1. The average molecular weight is 413 g/mol. The third-order valence-electron chi connectivity index (χ3n) is 5.51. The first kappa shape index (κ1) is 18.0. The smallest absolute Gasteiger partial charge is 0.350 e. The molecule has 4 heterocycles. The van der Waals surface area contributed by atoms with Gasteiger partial charge >= 0.3 is 11.6 Å². The first-order chi connectivity index (χ1) is 14.1. The monoisotopic (exact) mass is 413 g/mol. The highest BCUT2D eigenvalue weighted by Gasteiger charge is 2.25. The van der Waals surface area contributed by atoms with Crippen LogP contribution in [0.5, 0.6) is 5.88 Å². The number of hydrogen-bond donors (Lipinski definition) is 0. The average Bonchev–Trinajstić information content (AvgIpc) is 3.40. The molecule has 10 nitrogen and oxygen atoms in total. The van der Waals surface area contributed by atoms with Crippen LogP contribution in [0.3, 0.4) is 0 Å². The molecule has 0 fully saturated rings. The zero-order valence-corrected chi connectivity index (χ0v) is 16.8. The number of aryl methyl sites for hydroxylation is 1. The normalized spacial score (nSPS) is 16.4. The van der Waals surface area contributed by atoms with Gasteiger partial charge in [0, 0.05) is 4.88 Å². The minimum atomic E-state index is -0.520. The first-order valence-corrected chi connectivity index (χ1v) is 10.3. The van der Waals surface area contributed by atoms with Crippen molar-refractivity contribution in [2.45, 2.75) is 39.2 Å². The van der Waals surface area contributed by atoms with Gasteiger partial charge in [-0.15, -0.1) is 21.5 Å². The summed E-state index contributed by atoms with van der Waals surface area (Å²) in [7, 11) is 1.36. The van der Waals surface area contributed by atoms with Gasteiger partial charge in [0.2, 0.25) is 0 Å². The molecule has 29 heavy (non-hydrogen) atoms. The van der Waals surface area contributed by atoms with Gasteiger partial charge in [-0.2, -0.15) is 0 Å². The van der Waals surface area contributed by atoms with Crippen LogP contribution in [0.2, 0.25) is 0 Å². The standard InChI is InChI=1S/C18H19N7O3S/c1-3-10-4-5-11-13(6-10)29-18-15(11)16-20-14(21-24(16)9-19-18)8-23-7-12(25(26)27)17(22-23)28-2/h7,9-10H,3-6,8H2,1-2H3. The van der Waals surface area contributed by atoms with Gasteiger partial charge < -0.3 is 4.74 Å². The molecule has 1 atom stereocenters. The van der Waals surface area contributed by atoms with Crippen LogP contribution in [0.15, 0.2) is 12.5 Å². The van der Waals surface area contributed by atoms with Gasteiger partial charge in [0.1, 0.15) is 23.9 Å². The number of methoxy groups -OCH3 is 1. The second-order valence-electron chi connectivity index (χ2n) is 7.22. The molecule has 5 rings (SSSR count). The molecular weight excluding hydrogens is 394 g/mol. The first-order valence-electron chi connectivity index (χ1n) is 9.47. The van der Waals surface area contributed by atoms with E-state index in [1.54, 1.807) is 22.2 Å². The van der Waals surface area contributed by atoms with Crippen molar-refractivity contribution in [2.24, 2.45) is 5.92 Å². The van der Waals surface area contributed by atoms with Crippen molar-refractivity contribution in [3.05, 3.63) is 38.9 Å². The summed E-state index contributed by atoms with van der Waals surface area (Å²) in [6.45, 7) is 2.45. The molecule has 0 bridgehead atoms. The number of fused-ring (bicyclic) bond motifs is 5. The van der Waals surface area contributed by atoms with E-state index in [4.69, 9.17) is 9.72 Å². The summed E-state index contributed by atoms with van der Waals surface area (Å²) >= 11 is 1.76. The Morgan fingerprint density at radius 1 is 1.41 bits per heavy atom. The maximum absolute atomic E-state index is 11.1. The molecule has 0 aliphatic heterocycles. The van der Waals surface area contributed by atoms with Crippen molar-refractivity contribution in [3.8, 4) is 5.88 Å². The summed E-state index contributed by atoms with van der Waals surface area (Å²) in [6, 6.07) is 0. The summed E-state index contributed by atoms with van der Waals surface area (Å²) in [4.78, 5) is 22.3. The molecule has 4 aromatic heterocycles. The van der Waals surface area contributed by atoms with Gasteiger partial charge in [-0.1, -0.05) is 13.3 Å². The van der Waals surface area contributed by atoms with Crippen molar-refractivity contribution in [3.63, 3.8) is 0 Å². The van der Waals surface area contributed by atoms with Crippen LogP contribution < -0.4 is 4.74 Å². The van der Waals surface area contributed by atoms with Gasteiger partial charge in [-0.25, -0.2) is 14.5 Å². The predicted molar refractivity (Wildman–Crippen MR) is 107 cm³/mol. The lowest BCUT2D eigenvalue weighted by Crippen LogP contribution is -2.11. The molecule has 150 valence electrons. The minimum absolute atomic E-state index is 0.0276. The molecule has 1 aliphatic carbocycles. The predicted octanol–water partition coefficient (Wildman–Crippen LogP) is 3.02. The van der Waals surface area contributed by atoms with Crippen molar-refractivity contribution >= 4 is 32.9 Å². The second-order valence-corrected chi connectivity index (χ2v) is 8.30. The molecule has 0 N–H and O–H groups in total. The number of aromatic nitrogens is 6. The topological polar surface area (TPSA) is 113 Å². The third kappa shape index (κ3) is 2.92. The fourth-order valence-electron chi connectivity index (χ4n) is 3.99. The Morgan fingerprint density at radius 3 is 3.00 bits per heavy atom. The van der Waals surface area contributed by atoms with Crippen LogP contribution in [-0.2, 0) is 19.4 Å². The van der Waals surface area contributed by atoms with Gasteiger partial charge in [-0.05, 0) is 30.7 Å². The van der Waals surface area contributed by atoms with Crippen molar-refractivity contribution in [1.29, 1.82) is 0 Å². The third-order valence-corrected chi connectivity index (χ3v) is 6.67. The highest BCUT2D eigenvalue weighted by molar-refractivity contribution is 7.19. The van der Waals surface area contributed by atoms with E-state index in [-0.39, 0.29) is 18.1 Å². The molecule has 11 heteroatoms. The molecule has 0 aromatic carbocycles. The number of hydrogen-bond acceptors (Lipinski definition) is 8.